The highest BCUT2D eigenvalue weighted by Gasteiger charge is 2.12. The molecule has 2 atom stereocenters. The van der Waals surface area contributed by atoms with Crippen molar-refractivity contribution in [1.82, 2.24) is 4.90 Å². The van der Waals surface area contributed by atoms with E-state index in [2.05, 4.69) is 37.9 Å². The Morgan fingerprint density at radius 1 is 1.22 bits per heavy atom. The lowest BCUT2D eigenvalue weighted by Gasteiger charge is -2.26. The second-order valence-electron chi connectivity index (χ2n) is 4.81. The smallest absolute Gasteiger partial charge is 0.119 e. The van der Waals surface area contributed by atoms with Gasteiger partial charge in [-0.15, -0.1) is 0 Å². The van der Waals surface area contributed by atoms with Gasteiger partial charge in [0.15, 0.2) is 0 Å². The molecule has 0 aromatic heterocycles. The molecule has 2 N–H and O–H groups in total. The second kappa shape index (κ2) is 7.39. The van der Waals surface area contributed by atoms with Crippen LogP contribution in [0.1, 0.15) is 38.8 Å². The lowest BCUT2D eigenvalue weighted by molar-refractivity contribution is 0.237. The fourth-order valence-electron chi connectivity index (χ4n) is 1.89. The summed E-state index contributed by atoms with van der Waals surface area (Å²) in [5.74, 6) is 0.906. The summed E-state index contributed by atoms with van der Waals surface area (Å²) in [5.41, 5.74) is 7.39. The zero-order chi connectivity index (χ0) is 13.5. The number of rotatable bonds is 7. The average molecular weight is 250 g/mol. The molecule has 0 radical (unpaired) electrons. The van der Waals surface area contributed by atoms with Gasteiger partial charge in [-0.2, -0.15) is 0 Å². The highest BCUT2D eigenvalue weighted by Crippen LogP contribution is 2.17. The number of hydrogen-bond acceptors (Lipinski definition) is 3. The molecule has 0 fully saturated rings. The number of nitrogens with two attached hydrogens (primary N) is 1. The minimum atomic E-state index is 0.0553. The maximum absolute atomic E-state index is 6.23. The molecule has 18 heavy (non-hydrogen) atoms. The van der Waals surface area contributed by atoms with E-state index in [0.717, 1.165) is 24.3 Å². The van der Waals surface area contributed by atoms with Crippen molar-refractivity contribution in [3.63, 3.8) is 0 Å². The summed E-state index contributed by atoms with van der Waals surface area (Å²) in [5, 5.41) is 0. The van der Waals surface area contributed by atoms with Crippen molar-refractivity contribution in [1.29, 1.82) is 0 Å². The van der Waals surface area contributed by atoms with Gasteiger partial charge >= 0.3 is 0 Å². The molecule has 0 bridgehead atoms. The summed E-state index contributed by atoms with van der Waals surface area (Å²) in [6.45, 7) is 7.99. The van der Waals surface area contributed by atoms with E-state index in [1.807, 2.05) is 19.1 Å². The molecule has 1 aromatic rings. The highest BCUT2D eigenvalue weighted by molar-refractivity contribution is 5.29. The molecule has 102 valence electrons. The molecule has 0 aliphatic heterocycles. The minimum Gasteiger partial charge on any atom is -0.494 e. The van der Waals surface area contributed by atoms with E-state index in [4.69, 9.17) is 10.5 Å². The Balaban J connectivity index is 2.58. The predicted molar refractivity (Wildman–Crippen MR) is 76.9 cm³/mol. The average Bonchev–Trinajstić information content (AvgIpc) is 2.38. The van der Waals surface area contributed by atoms with Crippen LogP contribution in [0.15, 0.2) is 24.3 Å². The van der Waals surface area contributed by atoms with Crippen LogP contribution >= 0.6 is 0 Å². The van der Waals surface area contributed by atoms with Gasteiger partial charge in [0.25, 0.3) is 0 Å². The van der Waals surface area contributed by atoms with Crippen LogP contribution in [0.5, 0.6) is 5.75 Å². The minimum absolute atomic E-state index is 0.0553. The Hall–Kier alpha value is -1.06. The molecular formula is C15H26N2O. The van der Waals surface area contributed by atoms with Crippen LogP contribution in [0.2, 0.25) is 0 Å². The van der Waals surface area contributed by atoms with Gasteiger partial charge in [-0.1, -0.05) is 19.1 Å². The van der Waals surface area contributed by atoms with Gasteiger partial charge < -0.3 is 15.4 Å². The Labute approximate surface area is 111 Å². The van der Waals surface area contributed by atoms with Crippen molar-refractivity contribution in [2.45, 2.75) is 39.3 Å². The summed E-state index contributed by atoms with van der Waals surface area (Å²) >= 11 is 0. The van der Waals surface area contributed by atoms with Crippen molar-refractivity contribution in [3.8, 4) is 5.75 Å². The third-order valence-electron chi connectivity index (χ3n) is 3.45. The first-order chi connectivity index (χ1) is 8.58. The van der Waals surface area contributed by atoms with Crippen LogP contribution in [-0.4, -0.2) is 31.1 Å². The van der Waals surface area contributed by atoms with E-state index in [1.54, 1.807) is 0 Å². The molecule has 1 rings (SSSR count). The third-order valence-corrected chi connectivity index (χ3v) is 3.45. The zero-order valence-corrected chi connectivity index (χ0v) is 12.0. The lowest BCUT2D eigenvalue weighted by Crippen LogP contribution is -2.35. The van der Waals surface area contributed by atoms with E-state index in [1.165, 1.54) is 0 Å². The summed E-state index contributed by atoms with van der Waals surface area (Å²) < 4.78 is 5.43. The molecule has 0 spiro atoms. The van der Waals surface area contributed by atoms with E-state index in [0.29, 0.717) is 12.6 Å². The normalized spacial score (nSPS) is 14.6. The van der Waals surface area contributed by atoms with Crippen molar-refractivity contribution < 1.29 is 4.74 Å². The molecule has 0 saturated heterocycles. The maximum Gasteiger partial charge on any atom is 0.119 e. The van der Waals surface area contributed by atoms with Gasteiger partial charge in [0.2, 0.25) is 0 Å². The summed E-state index contributed by atoms with van der Waals surface area (Å²) in [7, 11) is 2.13. The van der Waals surface area contributed by atoms with Crippen LogP contribution in [0.4, 0.5) is 0 Å². The van der Waals surface area contributed by atoms with Crippen molar-refractivity contribution in [2.24, 2.45) is 5.73 Å². The number of benzene rings is 1. The Morgan fingerprint density at radius 3 is 2.33 bits per heavy atom. The Kier molecular flexibility index (Phi) is 6.16. The number of ether oxygens (including phenoxy) is 1. The fourth-order valence-corrected chi connectivity index (χ4v) is 1.89. The quantitative estimate of drug-likeness (QED) is 0.808. The molecule has 0 aliphatic carbocycles. The van der Waals surface area contributed by atoms with E-state index >= 15 is 0 Å². The SMILES string of the molecule is CCOc1ccc(C(N)CN(C)C(C)CC)cc1. The molecular weight excluding hydrogens is 224 g/mol. The standard InChI is InChI=1S/C15H26N2O/c1-5-12(3)17(4)11-15(16)13-7-9-14(10-8-13)18-6-2/h7-10,12,15H,5-6,11,16H2,1-4H3. The van der Waals surface area contributed by atoms with Crippen LogP contribution < -0.4 is 10.5 Å². The highest BCUT2D eigenvalue weighted by atomic mass is 16.5. The van der Waals surface area contributed by atoms with Crippen LogP contribution in [0, 0.1) is 0 Å². The summed E-state index contributed by atoms with van der Waals surface area (Å²) in [4.78, 5) is 2.31. The fraction of sp³-hybridized carbons (Fsp3) is 0.600. The van der Waals surface area contributed by atoms with E-state index in [9.17, 15) is 0 Å². The van der Waals surface area contributed by atoms with Crippen molar-refractivity contribution >= 4 is 0 Å². The van der Waals surface area contributed by atoms with E-state index in [-0.39, 0.29) is 6.04 Å². The zero-order valence-electron chi connectivity index (χ0n) is 12.0. The van der Waals surface area contributed by atoms with Gasteiger partial charge in [-0.3, -0.25) is 0 Å². The molecule has 3 nitrogen and oxygen atoms in total. The molecule has 1 aromatic carbocycles. The molecule has 3 heteroatoms. The van der Waals surface area contributed by atoms with Crippen LogP contribution in [0.25, 0.3) is 0 Å². The summed E-state index contributed by atoms with van der Waals surface area (Å²) in [6, 6.07) is 8.71. The van der Waals surface area contributed by atoms with Gasteiger partial charge in [0, 0.05) is 18.6 Å². The Bertz CT molecular complexity index is 337. The van der Waals surface area contributed by atoms with Crippen molar-refractivity contribution in [2.75, 3.05) is 20.2 Å². The molecule has 0 heterocycles. The Morgan fingerprint density at radius 2 is 1.83 bits per heavy atom. The van der Waals surface area contributed by atoms with Gasteiger partial charge in [-0.05, 0) is 45.0 Å². The largest absolute Gasteiger partial charge is 0.494 e. The van der Waals surface area contributed by atoms with Crippen molar-refractivity contribution in [3.05, 3.63) is 29.8 Å². The number of likely N-dealkylation sites (N-methyl/N-ethyl adjacent to an activating group) is 1. The van der Waals surface area contributed by atoms with Crippen LogP contribution in [-0.2, 0) is 0 Å². The maximum atomic E-state index is 6.23. The first kappa shape index (κ1) is 15.0. The van der Waals surface area contributed by atoms with Crippen LogP contribution in [0.3, 0.4) is 0 Å². The topological polar surface area (TPSA) is 38.5 Å². The van der Waals surface area contributed by atoms with Gasteiger partial charge in [0.05, 0.1) is 6.61 Å². The molecule has 0 amide bonds. The first-order valence-corrected chi connectivity index (χ1v) is 6.77. The summed E-state index contributed by atoms with van der Waals surface area (Å²) in [6.07, 6.45) is 1.15. The number of nitrogens with zero attached hydrogens (tertiary/aromatic N) is 1. The number of hydrogen-bond donors (Lipinski definition) is 1. The lowest BCUT2D eigenvalue weighted by atomic mass is 10.1. The van der Waals surface area contributed by atoms with E-state index < -0.39 is 0 Å². The van der Waals surface area contributed by atoms with Gasteiger partial charge in [-0.25, -0.2) is 0 Å². The molecule has 0 aliphatic rings. The van der Waals surface area contributed by atoms with Gasteiger partial charge in [0.1, 0.15) is 5.75 Å². The second-order valence-corrected chi connectivity index (χ2v) is 4.81. The predicted octanol–water partition coefficient (Wildman–Crippen LogP) is 2.82. The third kappa shape index (κ3) is 4.31. The monoisotopic (exact) mass is 250 g/mol. The molecule has 2 unspecified atom stereocenters. The first-order valence-electron chi connectivity index (χ1n) is 6.77. The molecule has 0 saturated carbocycles.